The number of allylic oxidation sites excluding steroid dienone is 1. The fraction of sp³-hybridized carbons (Fsp3) is 0.286. The second kappa shape index (κ2) is 8.07. The van der Waals surface area contributed by atoms with Crippen molar-refractivity contribution < 1.29 is 14.0 Å². The van der Waals surface area contributed by atoms with Gasteiger partial charge in [-0.25, -0.2) is 0 Å². The van der Waals surface area contributed by atoms with E-state index in [1.165, 1.54) is 0 Å². The smallest absolute Gasteiger partial charge is 0.232 e. The monoisotopic (exact) mass is 440 g/mol. The van der Waals surface area contributed by atoms with Crippen LogP contribution in [0.5, 0.6) is 0 Å². The average Bonchev–Trinajstić information content (AvgIpc) is 3.13. The SMILES string of the molecule is Cc1ccc([C@H]2C3=C(CC(C)(C)CC3=O)Nc3ccccc3N2C(=O)Cc2ccccc2)o1. The van der Waals surface area contributed by atoms with Crippen LogP contribution in [0.1, 0.15) is 49.8 Å². The Morgan fingerprint density at radius 1 is 1.03 bits per heavy atom. The Hall–Kier alpha value is -3.60. The molecule has 2 aromatic carbocycles. The summed E-state index contributed by atoms with van der Waals surface area (Å²) in [6, 6.07) is 20.6. The van der Waals surface area contributed by atoms with Crippen LogP contribution in [0, 0.1) is 12.3 Å². The van der Waals surface area contributed by atoms with Gasteiger partial charge in [-0.2, -0.15) is 0 Å². The molecular formula is C28H28N2O3. The van der Waals surface area contributed by atoms with Crippen LogP contribution in [0.15, 0.2) is 82.4 Å². The molecule has 1 N–H and O–H groups in total. The molecule has 5 nitrogen and oxygen atoms in total. The summed E-state index contributed by atoms with van der Waals surface area (Å²) in [5.74, 6) is 1.32. The number of benzene rings is 2. The third-order valence-corrected chi connectivity index (χ3v) is 6.40. The first-order valence-electron chi connectivity index (χ1n) is 11.4. The van der Waals surface area contributed by atoms with Gasteiger partial charge in [-0.3, -0.25) is 14.5 Å². The van der Waals surface area contributed by atoms with Gasteiger partial charge in [-0.05, 0) is 48.6 Å². The van der Waals surface area contributed by atoms with Crippen molar-refractivity contribution >= 4 is 23.1 Å². The van der Waals surface area contributed by atoms with E-state index in [1.807, 2.05) is 73.7 Å². The maximum absolute atomic E-state index is 13.9. The second-order valence-corrected chi connectivity index (χ2v) is 9.75. The fourth-order valence-corrected chi connectivity index (χ4v) is 4.99. The minimum absolute atomic E-state index is 0.0538. The van der Waals surface area contributed by atoms with Crippen LogP contribution >= 0.6 is 0 Å². The zero-order valence-corrected chi connectivity index (χ0v) is 19.2. The molecule has 0 saturated carbocycles. The molecule has 33 heavy (non-hydrogen) atoms. The molecule has 0 fully saturated rings. The van der Waals surface area contributed by atoms with E-state index in [4.69, 9.17) is 4.42 Å². The maximum Gasteiger partial charge on any atom is 0.232 e. The molecule has 1 amide bonds. The van der Waals surface area contributed by atoms with Gasteiger partial charge in [-0.1, -0.05) is 56.3 Å². The van der Waals surface area contributed by atoms with E-state index in [0.717, 1.165) is 34.8 Å². The number of anilines is 2. The molecule has 1 aliphatic carbocycles. The van der Waals surface area contributed by atoms with Crippen LogP contribution in [0.4, 0.5) is 11.4 Å². The largest absolute Gasteiger partial charge is 0.464 e. The summed E-state index contributed by atoms with van der Waals surface area (Å²) in [4.78, 5) is 29.2. The highest BCUT2D eigenvalue weighted by Crippen LogP contribution is 2.48. The van der Waals surface area contributed by atoms with Gasteiger partial charge >= 0.3 is 0 Å². The molecule has 1 aliphatic heterocycles. The molecule has 1 aromatic heterocycles. The number of furan rings is 1. The molecule has 0 unspecified atom stereocenters. The van der Waals surface area contributed by atoms with E-state index in [1.54, 1.807) is 4.90 Å². The number of fused-ring (bicyclic) bond motifs is 1. The lowest BCUT2D eigenvalue weighted by atomic mass is 9.74. The number of ketones is 1. The highest BCUT2D eigenvalue weighted by Gasteiger charge is 2.44. The zero-order valence-electron chi connectivity index (χ0n) is 19.2. The summed E-state index contributed by atoms with van der Waals surface area (Å²) in [6.45, 7) is 6.10. The Labute approximate surface area is 194 Å². The summed E-state index contributed by atoms with van der Waals surface area (Å²) in [5.41, 5.74) is 3.83. The summed E-state index contributed by atoms with van der Waals surface area (Å²) in [6.07, 6.45) is 1.38. The first kappa shape index (κ1) is 21.3. The van der Waals surface area contributed by atoms with Gasteiger partial charge in [0.1, 0.15) is 17.6 Å². The van der Waals surface area contributed by atoms with E-state index in [0.29, 0.717) is 17.8 Å². The van der Waals surface area contributed by atoms with E-state index in [2.05, 4.69) is 19.2 Å². The number of rotatable bonds is 3. The number of aryl methyl sites for hydroxylation is 1. The minimum atomic E-state index is -0.621. The molecule has 5 rings (SSSR count). The minimum Gasteiger partial charge on any atom is -0.464 e. The predicted octanol–water partition coefficient (Wildman–Crippen LogP) is 5.97. The number of hydrogen-bond donors (Lipinski definition) is 1. The number of nitrogens with zero attached hydrogens (tertiary/aromatic N) is 1. The number of nitrogens with one attached hydrogen (secondary N) is 1. The molecule has 168 valence electrons. The second-order valence-electron chi connectivity index (χ2n) is 9.75. The molecule has 5 heteroatoms. The van der Waals surface area contributed by atoms with Crippen molar-refractivity contribution in [1.29, 1.82) is 0 Å². The number of carbonyl (C=O) groups excluding carboxylic acids is 2. The lowest BCUT2D eigenvalue weighted by Gasteiger charge is -2.36. The first-order valence-corrected chi connectivity index (χ1v) is 11.4. The van der Waals surface area contributed by atoms with Crippen LogP contribution in [-0.4, -0.2) is 11.7 Å². The highest BCUT2D eigenvalue weighted by molar-refractivity contribution is 6.06. The molecule has 0 saturated heterocycles. The third-order valence-electron chi connectivity index (χ3n) is 6.40. The predicted molar refractivity (Wildman–Crippen MR) is 129 cm³/mol. The van der Waals surface area contributed by atoms with E-state index in [-0.39, 0.29) is 23.5 Å². The lowest BCUT2D eigenvalue weighted by molar-refractivity contribution is -0.119. The number of hydrogen-bond acceptors (Lipinski definition) is 4. The van der Waals surface area contributed by atoms with Gasteiger partial charge in [0, 0.05) is 17.7 Å². The van der Waals surface area contributed by atoms with Crippen LogP contribution < -0.4 is 10.2 Å². The fourth-order valence-electron chi connectivity index (χ4n) is 4.99. The number of Topliss-reactive ketones (excluding diaryl/α,β-unsaturated/α-hetero) is 1. The third kappa shape index (κ3) is 3.99. The van der Waals surface area contributed by atoms with Crippen LogP contribution in [0.25, 0.3) is 0 Å². The van der Waals surface area contributed by atoms with Gasteiger partial charge in [-0.15, -0.1) is 0 Å². The summed E-state index contributed by atoms with van der Waals surface area (Å²) < 4.78 is 6.07. The quantitative estimate of drug-likeness (QED) is 0.545. The first-order chi connectivity index (χ1) is 15.8. The Kier molecular flexibility index (Phi) is 5.20. The Bertz CT molecular complexity index is 1250. The maximum atomic E-state index is 13.9. The summed E-state index contributed by atoms with van der Waals surface area (Å²) >= 11 is 0. The van der Waals surface area contributed by atoms with Gasteiger partial charge in [0.15, 0.2) is 5.78 Å². The van der Waals surface area contributed by atoms with Gasteiger partial charge < -0.3 is 9.73 Å². The van der Waals surface area contributed by atoms with Crippen molar-refractivity contribution in [1.82, 2.24) is 0 Å². The molecule has 0 radical (unpaired) electrons. The van der Waals surface area contributed by atoms with E-state index >= 15 is 0 Å². The average molecular weight is 441 g/mol. The van der Waals surface area contributed by atoms with Crippen molar-refractivity contribution in [2.24, 2.45) is 5.41 Å². The van der Waals surface area contributed by atoms with Crippen molar-refractivity contribution in [3.8, 4) is 0 Å². The lowest BCUT2D eigenvalue weighted by Crippen LogP contribution is -2.40. The molecule has 3 aromatic rings. The Balaban J connectivity index is 1.71. The molecule has 2 heterocycles. The normalized spacial score (nSPS) is 19.4. The Morgan fingerprint density at radius 2 is 1.76 bits per heavy atom. The van der Waals surface area contributed by atoms with Crippen molar-refractivity contribution in [3.63, 3.8) is 0 Å². The van der Waals surface area contributed by atoms with Gasteiger partial charge in [0.05, 0.1) is 17.8 Å². The standard InChI is InChI=1S/C28H28N2O3/c1-18-13-14-24(33-18)27-26-21(16-28(2,3)17-23(26)31)29-20-11-7-8-12-22(20)30(27)25(32)15-19-9-5-4-6-10-19/h4-14,27,29H,15-17H2,1-3H3/t27-/m0/s1. The number of para-hydroxylation sites is 2. The van der Waals surface area contributed by atoms with Crippen LogP contribution in [0.3, 0.4) is 0 Å². The molecule has 1 atom stereocenters. The zero-order chi connectivity index (χ0) is 23.2. The molecule has 0 spiro atoms. The highest BCUT2D eigenvalue weighted by atomic mass is 16.3. The summed E-state index contributed by atoms with van der Waals surface area (Å²) in [5, 5.41) is 3.53. The molecule has 0 bridgehead atoms. The van der Waals surface area contributed by atoms with E-state index in [9.17, 15) is 9.59 Å². The molecular weight excluding hydrogens is 412 g/mol. The van der Waals surface area contributed by atoms with Gasteiger partial charge in [0.2, 0.25) is 5.91 Å². The summed E-state index contributed by atoms with van der Waals surface area (Å²) in [7, 11) is 0. The topological polar surface area (TPSA) is 62.6 Å². The van der Waals surface area contributed by atoms with Crippen LogP contribution in [-0.2, 0) is 16.0 Å². The van der Waals surface area contributed by atoms with Crippen LogP contribution in [0.2, 0.25) is 0 Å². The Morgan fingerprint density at radius 3 is 2.48 bits per heavy atom. The van der Waals surface area contributed by atoms with Crippen molar-refractivity contribution in [3.05, 3.63) is 95.1 Å². The number of amides is 1. The van der Waals surface area contributed by atoms with Crippen molar-refractivity contribution in [2.45, 2.75) is 46.1 Å². The molecule has 2 aliphatic rings. The number of carbonyl (C=O) groups is 2. The van der Waals surface area contributed by atoms with Gasteiger partial charge in [0.25, 0.3) is 0 Å². The van der Waals surface area contributed by atoms with Crippen molar-refractivity contribution in [2.75, 3.05) is 10.2 Å². The van der Waals surface area contributed by atoms with E-state index < -0.39 is 6.04 Å².